The Balaban J connectivity index is 1.25. The van der Waals surface area contributed by atoms with E-state index in [1.807, 2.05) is 30.3 Å². The van der Waals surface area contributed by atoms with E-state index in [2.05, 4.69) is 10.1 Å². The third kappa shape index (κ3) is 4.25. The molecule has 4 rings (SSSR count). The highest BCUT2D eigenvalue weighted by Crippen LogP contribution is 2.27. The molecule has 27 heavy (non-hydrogen) atoms. The zero-order valence-corrected chi connectivity index (χ0v) is 14.9. The van der Waals surface area contributed by atoms with Crippen LogP contribution in [0.4, 0.5) is 0 Å². The van der Waals surface area contributed by atoms with Crippen molar-refractivity contribution in [3.8, 4) is 0 Å². The number of carbonyl (C=O) groups is 1. The van der Waals surface area contributed by atoms with Crippen LogP contribution in [-0.4, -0.2) is 40.6 Å². The summed E-state index contributed by atoms with van der Waals surface area (Å²) in [5.41, 5.74) is 1.14. The van der Waals surface area contributed by atoms with Gasteiger partial charge in [0, 0.05) is 19.5 Å². The predicted molar refractivity (Wildman–Crippen MR) is 96.1 cm³/mol. The van der Waals surface area contributed by atoms with Gasteiger partial charge in [-0.1, -0.05) is 35.5 Å². The lowest BCUT2D eigenvalue weighted by Gasteiger charge is -2.13. The quantitative estimate of drug-likeness (QED) is 0.597. The number of hydrogen-bond acceptors (Lipinski definition) is 6. The van der Waals surface area contributed by atoms with Gasteiger partial charge in [0.25, 0.3) is 5.91 Å². The van der Waals surface area contributed by atoms with Crippen LogP contribution in [-0.2, 0) is 17.8 Å². The van der Waals surface area contributed by atoms with Gasteiger partial charge in [-0.2, -0.15) is 4.98 Å². The number of aromatic nitrogens is 2. The number of carbonyl (C=O) groups excluding carboxylic acids is 1. The van der Waals surface area contributed by atoms with E-state index in [-0.39, 0.29) is 11.8 Å². The molecule has 1 amide bonds. The van der Waals surface area contributed by atoms with Crippen molar-refractivity contribution < 1.29 is 18.5 Å². The lowest BCUT2D eigenvalue weighted by molar-refractivity contribution is 0.0758. The molecule has 1 fully saturated rings. The molecule has 3 heterocycles. The van der Waals surface area contributed by atoms with Gasteiger partial charge in [0.2, 0.25) is 5.89 Å². The van der Waals surface area contributed by atoms with Gasteiger partial charge in [0.05, 0.1) is 25.4 Å². The molecule has 1 aromatic carbocycles. The van der Waals surface area contributed by atoms with Crippen LogP contribution in [0, 0.1) is 0 Å². The number of likely N-dealkylation sites (tertiary alicyclic amines) is 1. The SMILES string of the molecule is O=C(c1ccco1)N1CCC(c2nc(CCOCc3ccccc3)no2)C1. The van der Waals surface area contributed by atoms with Gasteiger partial charge in [0.1, 0.15) is 0 Å². The average molecular weight is 367 g/mol. The van der Waals surface area contributed by atoms with Gasteiger partial charge in [-0.3, -0.25) is 4.79 Å². The highest BCUT2D eigenvalue weighted by molar-refractivity contribution is 5.91. The second kappa shape index (κ2) is 8.18. The maximum atomic E-state index is 12.3. The molecule has 2 aromatic heterocycles. The molecule has 0 N–H and O–H groups in total. The van der Waals surface area contributed by atoms with Crippen molar-refractivity contribution in [2.24, 2.45) is 0 Å². The van der Waals surface area contributed by atoms with Crippen molar-refractivity contribution >= 4 is 5.91 Å². The van der Waals surface area contributed by atoms with Crippen molar-refractivity contribution in [3.05, 3.63) is 71.8 Å². The summed E-state index contributed by atoms with van der Waals surface area (Å²) in [5, 5.41) is 4.04. The molecule has 140 valence electrons. The summed E-state index contributed by atoms with van der Waals surface area (Å²) in [4.78, 5) is 18.6. The lowest BCUT2D eigenvalue weighted by atomic mass is 10.1. The van der Waals surface area contributed by atoms with Crippen molar-refractivity contribution in [3.63, 3.8) is 0 Å². The first kappa shape index (κ1) is 17.5. The van der Waals surface area contributed by atoms with E-state index in [0.29, 0.717) is 50.2 Å². The monoisotopic (exact) mass is 367 g/mol. The Bertz CT molecular complexity index is 861. The number of hydrogen-bond donors (Lipinski definition) is 0. The Hall–Kier alpha value is -2.93. The normalized spacial score (nSPS) is 16.7. The molecule has 0 aliphatic carbocycles. The highest BCUT2D eigenvalue weighted by atomic mass is 16.5. The highest BCUT2D eigenvalue weighted by Gasteiger charge is 2.32. The zero-order chi connectivity index (χ0) is 18.5. The Labute approximate surface area is 156 Å². The molecule has 0 radical (unpaired) electrons. The number of ether oxygens (including phenoxy) is 1. The van der Waals surface area contributed by atoms with E-state index >= 15 is 0 Å². The smallest absolute Gasteiger partial charge is 0.289 e. The fourth-order valence-electron chi connectivity index (χ4n) is 3.16. The summed E-state index contributed by atoms with van der Waals surface area (Å²) < 4.78 is 16.3. The molecule has 1 unspecified atom stereocenters. The third-order valence-electron chi connectivity index (χ3n) is 4.62. The van der Waals surface area contributed by atoms with E-state index in [1.54, 1.807) is 17.0 Å². The molecule has 7 heteroatoms. The largest absolute Gasteiger partial charge is 0.459 e. The molecule has 0 saturated carbocycles. The average Bonchev–Trinajstić information content (AvgIpc) is 3.47. The second-order valence-corrected chi connectivity index (χ2v) is 6.55. The first-order chi connectivity index (χ1) is 13.3. The first-order valence-electron chi connectivity index (χ1n) is 9.06. The Morgan fingerprint density at radius 1 is 1.22 bits per heavy atom. The fourth-order valence-corrected chi connectivity index (χ4v) is 3.16. The Morgan fingerprint density at radius 2 is 2.11 bits per heavy atom. The number of nitrogens with zero attached hydrogens (tertiary/aromatic N) is 3. The van der Waals surface area contributed by atoms with Gasteiger partial charge < -0.3 is 18.6 Å². The van der Waals surface area contributed by atoms with Crippen molar-refractivity contribution in [1.82, 2.24) is 15.0 Å². The number of rotatable bonds is 7. The van der Waals surface area contributed by atoms with Crippen LogP contribution < -0.4 is 0 Å². The van der Waals surface area contributed by atoms with Crippen LogP contribution in [0.2, 0.25) is 0 Å². The second-order valence-electron chi connectivity index (χ2n) is 6.55. The Morgan fingerprint density at radius 3 is 2.93 bits per heavy atom. The molecule has 1 saturated heterocycles. The third-order valence-corrected chi connectivity index (χ3v) is 4.62. The van der Waals surface area contributed by atoms with Crippen molar-refractivity contribution in [2.75, 3.05) is 19.7 Å². The van der Waals surface area contributed by atoms with Crippen molar-refractivity contribution in [1.29, 1.82) is 0 Å². The maximum absolute atomic E-state index is 12.3. The van der Waals surface area contributed by atoms with Crippen LogP contribution in [0.3, 0.4) is 0 Å². The zero-order valence-electron chi connectivity index (χ0n) is 14.9. The molecular weight excluding hydrogens is 346 g/mol. The van der Waals surface area contributed by atoms with Gasteiger partial charge >= 0.3 is 0 Å². The molecule has 1 aliphatic rings. The van der Waals surface area contributed by atoms with E-state index < -0.39 is 0 Å². The van der Waals surface area contributed by atoms with Crippen LogP contribution >= 0.6 is 0 Å². The summed E-state index contributed by atoms with van der Waals surface area (Å²) in [7, 11) is 0. The van der Waals surface area contributed by atoms with E-state index in [4.69, 9.17) is 13.7 Å². The first-order valence-corrected chi connectivity index (χ1v) is 9.06. The summed E-state index contributed by atoms with van der Waals surface area (Å²) in [6.45, 7) is 2.31. The number of benzene rings is 1. The topological polar surface area (TPSA) is 81.6 Å². The summed E-state index contributed by atoms with van der Waals surface area (Å²) in [6, 6.07) is 13.4. The van der Waals surface area contributed by atoms with Crippen LogP contribution in [0.5, 0.6) is 0 Å². The molecule has 1 aliphatic heterocycles. The van der Waals surface area contributed by atoms with E-state index in [9.17, 15) is 4.79 Å². The van der Waals surface area contributed by atoms with Crippen LogP contribution in [0.25, 0.3) is 0 Å². The Kier molecular flexibility index (Phi) is 5.29. The molecule has 0 bridgehead atoms. The summed E-state index contributed by atoms with van der Waals surface area (Å²) >= 11 is 0. The van der Waals surface area contributed by atoms with Gasteiger partial charge in [-0.05, 0) is 24.1 Å². The van der Waals surface area contributed by atoms with Crippen molar-refractivity contribution in [2.45, 2.75) is 25.4 Å². The molecule has 3 aromatic rings. The van der Waals surface area contributed by atoms with Gasteiger partial charge in [0.15, 0.2) is 11.6 Å². The van der Waals surface area contributed by atoms with E-state index in [0.717, 1.165) is 12.0 Å². The van der Waals surface area contributed by atoms with Gasteiger partial charge in [-0.15, -0.1) is 0 Å². The fraction of sp³-hybridized carbons (Fsp3) is 0.350. The van der Waals surface area contributed by atoms with Crippen LogP contribution in [0.15, 0.2) is 57.7 Å². The lowest BCUT2D eigenvalue weighted by Crippen LogP contribution is -2.28. The molecule has 7 nitrogen and oxygen atoms in total. The molecule has 1 atom stereocenters. The molecular formula is C20H21N3O4. The standard InChI is InChI=1S/C20H21N3O4/c24-20(17-7-4-11-26-17)23-10-8-16(13-23)19-21-18(22-27-19)9-12-25-14-15-5-2-1-3-6-15/h1-7,11,16H,8-10,12-14H2. The summed E-state index contributed by atoms with van der Waals surface area (Å²) in [6.07, 6.45) is 2.90. The summed E-state index contributed by atoms with van der Waals surface area (Å²) in [5.74, 6) is 1.54. The maximum Gasteiger partial charge on any atom is 0.289 e. The van der Waals surface area contributed by atoms with Gasteiger partial charge in [-0.25, -0.2) is 0 Å². The minimum Gasteiger partial charge on any atom is -0.459 e. The minimum atomic E-state index is -0.100. The number of amides is 1. The molecule has 0 spiro atoms. The van der Waals surface area contributed by atoms with E-state index in [1.165, 1.54) is 6.26 Å². The number of furan rings is 1. The minimum absolute atomic E-state index is 0.0652. The predicted octanol–water partition coefficient (Wildman–Crippen LogP) is 3.05. The van der Waals surface area contributed by atoms with Crippen LogP contribution in [0.1, 0.15) is 40.2 Å².